The van der Waals surface area contributed by atoms with Gasteiger partial charge in [-0.05, 0) is 6.72 Å². The fourth-order valence-corrected chi connectivity index (χ4v) is 1.10. The highest BCUT2D eigenvalue weighted by Crippen LogP contribution is 1.98. The number of hydrogen-bond acceptors (Lipinski definition) is 4. The van der Waals surface area contributed by atoms with Crippen molar-refractivity contribution in [2.45, 2.75) is 0 Å². The third-order valence-electron chi connectivity index (χ3n) is 1.92. The lowest BCUT2D eigenvalue weighted by molar-refractivity contribution is 1.18. The van der Waals surface area contributed by atoms with Crippen molar-refractivity contribution in [2.75, 3.05) is 0 Å². The molecule has 2 rings (SSSR count). The van der Waals surface area contributed by atoms with Gasteiger partial charge in [-0.15, -0.1) is 10.2 Å². The summed E-state index contributed by atoms with van der Waals surface area (Å²) < 4.78 is 0. The van der Waals surface area contributed by atoms with Gasteiger partial charge in [-0.1, -0.05) is 0 Å². The van der Waals surface area contributed by atoms with Gasteiger partial charge < -0.3 is 15.7 Å². The summed E-state index contributed by atoms with van der Waals surface area (Å²) in [5, 5.41) is 7.70. The number of nitrogens with one attached hydrogen (secondary N) is 2. The molecule has 0 atom stereocenters. The minimum atomic E-state index is 0.211. The molecule has 0 aromatic carbocycles. The Morgan fingerprint density at radius 1 is 1.12 bits per heavy atom. The zero-order valence-electron chi connectivity index (χ0n) is 8.83. The molecule has 0 radical (unpaired) electrons. The zero-order chi connectivity index (χ0) is 12.1. The van der Waals surface area contributed by atoms with Gasteiger partial charge in [-0.25, -0.2) is 15.0 Å². The Hall–Kier alpha value is -2.77. The molecular weight excluding hydrogens is 220 g/mol. The van der Waals surface area contributed by atoms with Crippen molar-refractivity contribution in [3.63, 3.8) is 0 Å². The summed E-state index contributed by atoms with van der Waals surface area (Å²) in [4.78, 5) is 17.0. The van der Waals surface area contributed by atoms with Crippen molar-refractivity contribution in [3.05, 3.63) is 36.4 Å². The molecule has 0 saturated heterocycles. The first-order valence-electron chi connectivity index (χ1n) is 4.66. The van der Waals surface area contributed by atoms with Crippen LogP contribution in [0.15, 0.2) is 40.2 Å². The van der Waals surface area contributed by atoms with Gasteiger partial charge in [-0.2, -0.15) is 0 Å². The van der Waals surface area contributed by atoms with E-state index in [0.29, 0.717) is 17.2 Å². The van der Waals surface area contributed by atoms with Crippen molar-refractivity contribution in [3.8, 4) is 0 Å². The Labute approximate surface area is 96.4 Å². The van der Waals surface area contributed by atoms with Crippen LogP contribution in [-0.2, 0) is 0 Å². The standard InChI is InChI=1S/C9H10N8/c1-11-9(7-3-13-5-15-7)17-16-8(10)6-2-12-4-14-6/h2-5H,1H2,(H2,10,16)(H,12,14)(H,13,15)/b17-9-. The molecule has 0 aliphatic rings. The molecule has 0 aliphatic heterocycles. The smallest absolute Gasteiger partial charge is 0.199 e. The first kappa shape index (κ1) is 10.7. The number of imidazole rings is 2. The fraction of sp³-hybridized carbons (Fsp3) is 0. The lowest BCUT2D eigenvalue weighted by Crippen LogP contribution is -2.13. The topological polar surface area (TPSA) is 120 Å². The summed E-state index contributed by atoms with van der Waals surface area (Å²) in [5.41, 5.74) is 6.88. The number of hydrogen-bond donors (Lipinski definition) is 3. The van der Waals surface area contributed by atoms with Crippen molar-refractivity contribution >= 4 is 18.4 Å². The van der Waals surface area contributed by atoms with Gasteiger partial charge in [-0.3, -0.25) is 0 Å². The third kappa shape index (κ3) is 2.43. The summed E-state index contributed by atoms with van der Waals surface area (Å²) in [7, 11) is 0. The third-order valence-corrected chi connectivity index (χ3v) is 1.92. The molecule has 0 saturated carbocycles. The maximum Gasteiger partial charge on any atom is 0.199 e. The van der Waals surface area contributed by atoms with E-state index in [9.17, 15) is 0 Å². The number of aromatic nitrogens is 4. The van der Waals surface area contributed by atoms with Crippen molar-refractivity contribution in [1.29, 1.82) is 0 Å². The number of nitrogens with zero attached hydrogens (tertiary/aromatic N) is 5. The molecule has 4 N–H and O–H groups in total. The van der Waals surface area contributed by atoms with Crippen molar-refractivity contribution < 1.29 is 0 Å². The van der Waals surface area contributed by atoms with Crippen LogP contribution in [0.1, 0.15) is 11.4 Å². The largest absolute Gasteiger partial charge is 0.380 e. The van der Waals surface area contributed by atoms with Gasteiger partial charge in [0, 0.05) is 0 Å². The number of amidine groups is 2. The Morgan fingerprint density at radius 2 is 1.76 bits per heavy atom. The van der Waals surface area contributed by atoms with Crippen molar-refractivity contribution in [2.24, 2.45) is 20.9 Å². The molecule has 17 heavy (non-hydrogen) atoms. The number of aromatic amines is 2. The second kappa shape index (κ2) is 4.84. The average Bonchev–Trinajstić information content (AvgIpc) is 3.02. The number of nitrogens with two attached hydrogens (primary N) is 1. The van der Waals surface area contributed by atoms with Crippen LogP contribution in [0.2, 0.25) is 0 Å². The fourth-order valence-electron chi connectivity index (χ4n) is 1.10. The molecule has 86 valence electrons. The highest BCUT2D eigenvalue weighted by molar-refractivity contribution is 6.01. The maximum atomic E-state index is 5.68. The SMILES string of the molecule is C=N/C(=N\N=C(/N)c1cnc[nH]1)c1cnc[nH]1. The summed E-state index contributed by atoms with van der Waals surface area (Å²) in [6.07, 6.45) is 6.13. The van der Waals surface area contributed by atoms with Crippen molar-refractivity contribution in [1.82, 2.24) is 19.9 Å². The summed E-state index contributed by atoms with van der Waals surface area (Å²) in [5.74, 6) is 0.521. The molecule has 2 aromatic rings. The van der Waals surface area contributed by atoms with Gasteiger partial charge in [0.25, 0.3) is 0 Å². The molecule has 2 aromatic heterocycles. The monoisotopic (exact) mass is 230 g/mol. The van der Waals surface area contributed by atoms with Gasteiger partial charge in [0.05, 0.1) is 25.0 Å². The van der Waals surface area contributed by atoms with Crippen LogP contribution in [0.3, 0.4) is 0 Å². The predicted molar refractivity (Wildman–Crippen MR) is 64.0 cm³/mol. The van der Waals surface area contributed by atoms with Crippen LogP contribution in [0.4, 0.5) is 0 Å². The van der Waals surface area contributed by atoms with Crippen LogP contribution in [0, 0.1) is 0 Å². The number of rotatable bonds is 3. The van der Waals surface area contributed by atoms with Crippen LogP contribution in [-0.4, -0.2) is 38.3 Å². The highest BCUT2D eigenvalue weighted by atomic mass is 15.3. The Balaban J connectivity index is 2.24. The summed E-state index contributed by atoms with van der Waals surface area (Å²) >= 11 is 0. The molecule has 8 nitrogen and oxygen atoms in total. The molecule has 0 amide bonds. The minimum absolute atomic E-state index is 0.211. The second-order valence-electron chi connectivity index (χ2n) is 3.00. The van der Waals surface area contributed by atoms with E-state index in [1.807, 2.05) is 0 Å². The quantitative estimate of drug-likeness (QED) is 0.388. The van der Waals surface area contributed by atoms with Crippen LogP contribution in [0.5, 0.6) is 0 Å². The molecule has 0 unspecified atom stereocenters. The first-order valence-corrected chi connectivity index (χ1v) is 4.66. The number of H-pyrrole nitrogens is 2. The average molecular weight is 230 g/mol. The van der Waals surface area contributed by atoms with Crippen LogP contribution in [0.25, 0.3) is 0 Å². The van der Waals surface area contributed by atoms with E-state index in [4.69, 9.17) is 5.73 Å². The molecule has 0 bridgehead atoms. The van der Waals surface area contributed by atoms with E-state index in [-0.39, 0.29) is 5.84 Å². The molecular formula is C9H10N8. The summed E-state index contributed by atoms with van der Waals surface area (Å²) in [6.45, 7) is 3.40. The lowest BCUT2D eigenvalue weighted by atomic mass is 10.4. The summed E-state index contributed by atoms with van der Waals surface area (Å²) in [6, 6.07) is 0. The molecule has 0 aliphatic carbocycles. The zero-order valence-corrected chi connectivity index (χ0v) is 8.83. The lowest BCUT2D eigenvalue weighted by Gasteiger charge is -1.94. The van der Waals surface area contributed by atoms with E-state index in [1.54, 1.807) is 12.4 Å². The van der Waals surface area contributed by atoms with Gasteiger partial charge in [0.2, 0.25) is 0 Å². The van der Waals surface area contributed by atoms with E-state index < -0.39 is 0 Å². The van der Waals surface area contributed by atoms with E-state index in [2.05, 4.69) is 41.8 Å². The highest BCUT2D eigenvalue weighted by Gasteiger charge is 2.02. The number of aliphatic imine (C=N–C) groups is 1. The van der Waals surface area contributed by atoms with E-state index in [1.165, 1.54) is 12.7 Å². The Bertz CT molecular complexity index is 534. The molecule has 0 spiro atoms. The van der Waals surface area contributed by atoms with Crippen LogP contribution >= 0.6 is 0 Å². The van der Waals surface area contributed by atoms with Gasteiger partial charge >= 0.3 is 0 Å². The molecule has 2 heterocycles. The first-order chi connectivity index (χ1) is 8.31. The predicted octanol–water partition coefficient (Wildman–Crippen LogP) is -0.0995. The molecule has 0 fully saturated rings. The van der Waals surface area contributed by atoms with Gasteiger partial charge in [0.1, 0.15) is 11.4 Å². The normalized spacial score (nSPS) is 12.7. The Morgan fingerprint density at radius 3 is 2.29 bits per heavy atom. The Kier molecular flexibility index (Phi) is 3.05. The van der Waals surface area contributed by atoms with E-state index >= 15 is 0 Å². The van der Waals surface area contributed by atoms with E-state index in [0.717, 1.165) is 0 Å². The molecule has 8 heteroatoms. The van der Waals surface area contributed by atoms with Crippen LogP contribution < -0.4 is 5.73 Å². The second-order valence-corrected chi connectivity index (χ2v) is 3.00. The maximum absolute atomic E-state index is 5.68. The minimum Gasteiger partial charge on any atom is -0.380 e. The van der Waals surface area contributed by atoms with Gasteiger partial charge in [0.15, 0.2) is 11.7 Å².